The summed E-state index contributed by atoms with van der Waals surface area (Å²) in [5, 5.41) is 4.61. The van der Waals surface area contributed by atoms with E-state index in [0.29, 0.717) is 18.2 Å². The summed E-state index contributed by atoms with van der Waals surface area (Å²) < 4.78 is 38.2. The zero-order chi connectivity index (χ0) is 20.0. The van der Waals surface area contributed by atoms with Crippen LogP contribution in [0.4, 0.5) is 34.1 Å². The van der Waals surface area contributed by atoms with E-state index >= 15 is 0 Å². The molecule has 2 aromatic carbocycles. The first-order valence-corrected chi connectivity index (χ1v) is 8.17. The van der Waals surface area contributed by atoms with Crippen LogP contribution in [0.3, 0.4) is 0 Å². The van der Waals surface area contributed by atoms with Crippen molar-refractivity contribution in [2.75, 3.05) is 10.6 Å². The van der Waals surface area contributed by atoms with Crippen molar-refractivity contribution in [2.45, 2.75) is 19.5 Å². The first-order valence-electron chi connectivity index (χ1n) is 7.79. The number of amides is 4. The maximum absolute atomic E-state index is 12.7. The van der Waals surface area contributed by atoms with Gasteiger partial charge in [-0.05, 0) is 36.2 Å². The van der Waals surface area contributed by atoms with Crippen molar-refractivity contribution in [1.29, 1.82) is 0 Å². The van der Waals surface area contributed by atoms with Crippen LogP contribution in [-0.2, 0) is 12.6 Å². The number of para-hydroxylation sites is 1. The SMILES string of the molecule is CCc1ccccc1NC(=O)NNC(=O)Nc1cc(C(F)(F)F)ccc1Cl. The summed E-state index contributed by atoms with van der Waals surface area (Å²) in [6.45, 7) is 1.92. The molecule has 144 valence electrons. The van der Waals surface area contributed by atoms with Crippen LogP contribution in [0.2, 0.25) is 5.02 Å². The van der Waals surface area contributed by atoms with Crippen molar-refractivity contribution in [1.82, 2.24) is 10.9 Å². The van der Waals surface area contributed by atoms with Crippen LogP contribution in [-0.4, -0.2) is 12.1 Å². The summed E-state index contributed by atoms with van der Waals surface area (Å²) in [4.78, 5) is 23.7. The van der Waals surface area contributed by atoms with E-state index in [4.69, 9.17) is 11.6 Å². The molecule has 27 heavy (non-hydrogen) atoms. The Morgan fingerprint density at radius 1 is 0.963 bits per heavy atom. The van der Waals surface area contributed by atoms with Gasteiger partial charge in [0.15, 0.2) is 0 Å². The van der Waals surface area contributed by atoms with Crippen LogP contribution in [0.15, 0.2) is 42.5 Å². The molecule has 0 atom stereocenters. The van der Waals surface area contributed by atoms with Crippen LogP contribution >= 0.6 is 11.6 Å². The minimum atomic E-state index is -4.58. The van der Waals surface area contributed by atoms with Gasteiger partial charge in [0.2, 0.25) is 0 Å². The minimum absolute atomic E-state index is 0.0838. The molecule has 0 aromatic heterocycles. The van der Waals surface area contributed by atoms with Crippen molar-refractivity contribution < 1.29 is 22.8 Å². The van der Waals surface area contributed by atoms with E-state index in [2.05, 4.69) is 16.1 Å². The third-order valence-corrected chi connectivity index (χ3v) is 3.81. The largest absolute Gasteiger partial charge is 0.416 e. The lowest BCUT2D eigenvalue weighted by Gasteiger charge is -2.14. The highest BCUT2D eigenvalue weighted by molar-refractivity contribution is 6.33. The van der Waals surface area contributed by atoms with Crippen LogP contribution in [0.1, 0.15) is 18.1 Å². The van der Waals surface area contributed by atoms with Gasteiger partial charge in [0.05, 0.1) is 16.3 Å². The van der Waals surface area contributed by atoms with E-state index < -0.39 is 23.8 Å². The lowest BCUT2D eigenvalue weighted by molar-refractivity contribution is -0.137. The van der Waals surface area contributed by atoms with Crippen molar-refractivity contribution in [3.8, 4) is 0 Å². The standard InChI is InChI=1S/C17H16ClF3N4O2/c1-2-10-5-3-4-6-13(10)22-15(26)24-25-16(27)23-14-9-11(17(19,20)21)7-8-12(14)18/h3-9H,2H2,1H3,(H2,22,24,26)(H2,23,25,27). The topological polar surface area (TPSA) is 82.3 Å². The molecule has 4 N–H and O–H groups in total. The van der Waals surface area contributed by atoms with Gasteiger partial charge < -0.3 is 10.6 Å². The number of halogens is 4. The van der Waals surface area contributed by atoms with Crippen LogP contribution in [0, 0.1) is 0 Å². The van der Waals surface area contributed by atoms with E-state index in [0.717, 1.165) is 17.7 Å². The predicted molar refractivity (Wildman–Crippen MR) is 96.6 cm³/mol. The fourth-order valence-corrected chi connectivity index (χ4v) is 2.33. The van der Waals surface area contributed by atoms with Gasteiger partial charge in [-0.25, -0.2) is 20.4 Å². The van der Waals surface area contributed by atoms with Crippen LogP contribution < -0.4 is 21.5 Å². The van der Waals surface area contributed by atoms with Crippen molar-refractivity contribution >= 4 is 35.0 Å². The van der Waals surface area contributed by atoms with Gasteiger partial charge in [0.1, 0.15) is 0 Å². The third kappa shape index (κ3) is 5.78. The molecule has 0 saturated heterocycles. The van der Waals surface area contributed by atoms with Gasteiger partial charge in [-0.2, -0.15) is 13.2 Å². The van der Waals surface area contributed by atoms with Crippen molar-refractivity contribution in [2.24, 2.45) is 0 Å². The molecule has 0 heterocycles. The highest BCUT2D eigenvalue weighted by Crippen LogP contribution is 2.33. The van der Waals surface area contributed by atoms with Gasteiger partial charge in [0, 0.05) is 5.69 Å². The Labute approximate surface area is 158 Å². The average Bonchev–Trinajstić information content (AvgIpc) is 2.61. The van der Waals surface area contributed by atoms with Gasteiger partial charge in [-0.1, -0.05) is 36.7 Å². The Balaban J connectivity index is 1.94. The molecule has 2 aromatic rings. The van der Waals surface area contributed by atoms with Gasteiger partial charge in [-0.15, -0.1) is 0 Å². The number of hydrogen-bond donors (Lipinski definition) is 4. The fraction of sp³-hybridized carbons (Fsp3) is 0.176. The van der Waals surface area contributed by atoms with E-state index in [-0.39, 0.29) is 10.7 Å². The number of urea groups is 2. The number of alkyl halides is 3. The Hall–Kier alpha value is -2.94. The Morgan fingerprint density at radius 2 is 1.56 bits per heavy atom. The summed E-state index contributed by atoms with van der Waals surface area (Å²) >= 11 is 5.78. The van der Waals surface area contributed by atoms with E-state index in [9.17, 15) is 22.8 Å². The number of rotatable bonds is 3. The maximum atomic E-state index is 12.7. The summed E-state index contributed by atoms with van der Waals surface area (Å²) in [7, 11) is 0. The summed E-state index contributed by atoms with van der Waals surface area (Å²) in [5.41, 5.74) is 4.36. The normalized spacial score (nSPS) is 10.9. The average molecular weight is 401 g/mol. The first kappa shape index (κ1) is 20.4. The number of carbonyl (C=O) groups excluding carboxylic acids is 2. The second kappa shape index (κ2) is 8.63. The molecule has 6 nitrogen and oxygen atoms in total. The zero-order valence-electron chi connectivity index (χ0n) is 14.1. The first-order chi connectivity index (χ1) is 12.7. The molecule has 2 rings (SSSR count). The number of benzene rings is 2. The number of hydrazine groups is 1. The monoisotopic (exact) mass is 400 g/mol. The minimum Gasteiger partial charge on any atom is -0.306 e. The molecular formula is C17H16ClF3N4O2. The second-order valence-corrected chi connectivity index (χ2v) is 5.77. The van der Waals surface area contributed by atoms with Crippen LogP contribution in [0.5, 0.6) is 0 Å². The third-order valence-electron chi connectivity index (χ3n) is 3.48. The lowest BCUT2D eigenvalue weighted by Crippen LogP contribution is -2.46. The molecule has 0 spiro atoms. The predicted octanol–water partition coefficient (Wildman–Crippen LogP) is 4.78. The molecule has 0 aliphatic heterocycles. The van der Waals surface area contributed by atoms with E-state index in [1.807, 2.05) is 24.5 Å². The van der Waals surface area contributed by atoms with Crippen molar-refractivity contribution in [3.05, 3.63) is 58.6 Å². The molecule has 0 saturated carbocycles. The maximum Gasteiger partial charge on any atom is 0.416 e. The molecule has 10 heteroatoms. The van der Waals surface area contributed by atoms with Gasteiger partial charge >= 0.3 is 18.2 Å². The molecular weight excluding hydrogens is 385 g/mol. The van der Waals surface area contributed by atoms with E-state index in [1.165, 1.54) is 0 Å². The quantitative estimate of drug-likeness (QED) is 0.559. The lowest BCUT2D eigenvalue weighted by atomic mass is 10.1. The fourth-order valence-electron chi connectivity index (χ4n) is 2.17. The highest BCUT2D eigenvalue weighted by atomic mass is 35.5. The zero-order valence-corrected chi connectivity index (χ0v) is 14.8. The molecule has 0 radical (unpaired) electrons. The molecule has 0 aliphatic rings. The van der Waals surface area contributed by atoms with E-state index in [1.54, 1.807) is 12.1 Å². The van der Waals surface area contributed by atoms with Crippen LogP contribution in [0.25, 0.3) is 0 Å². The summed E-state index contributed by atoms with van der Waals surface area (Å²) in [6.07, 6.45) is -3.89. The smallest absolute Gasteiger partial charge is 0.306 e. The van der Waals surface area contributed by atoms with Crippen molar-refractivity contribution in [3.63, 3.8) is 0 Å². The second-order valence-electron chi connectivity index (χ2n) is 5.36. The number of aryl methyl sites for hydroxylation is 1. The molecule has 0 aliphatic carbocycles. The Kier molecular flexibility index (Phi) is 6.51. The summed E-state index contributed by atoms with van der Waals surface area (Å²) in [6, 6.07) is 7.92. The molecule has 0 unspecified atom stereocenters. The van der Waals surface area contributed by atoms with Gasteiger partial charge in [-0.3, -0.25) is 0 Å². The molecule has 4 amide bonds. The number of hydrogen-bond acceptors (Lipinski definition) is 2. The molecule has 0 fully saturated rings. The highest BCUT2D eigenvalue weighted by Gasteiger charge is 2.31. The van der Waals surface area contributed by atoms with Gasteiger partial charge in [0.25, 0.3) is 0 Å². The number of anilines is 2. The summed E-state index contributed by atoms with van der Waals surface area (Å²) in [5.74, 6) is 0. The Bertz CT molecular complexity index is 843. The number of carbonyl (C=O) groups is 2. The Morgan fingerprint density at radius 3 is 2.15 bits per heavy atom. The number of nitrogens with one attached hydrogen (secondary N) is 4. The molecule has 0 bridgehead atoms.